The van der Waals surface area contributed by atoms with Crippen molar-refractivity contribution in [2.45, 2.75) is 44.6 Å². The van der Waals surface area contributed by atoms with Crippen LogP contribution >= 0.6 is 0 Å². The highest BCUT2D eigenvalue weighted by molar-refractivity contribution is 5.68. The standard InChI is InChI=1S/C22H30N4O6/c1-22(2,3)32-20(27)24-16(14-30-17-6-4-15(8-23)5-7-17)9-25-10-18-12-26(21(28)29)13-19(11-25)31-18/h4-7,16,18-19H,9-14H2,1-3H3,(H,24,27)(H,28,29)/t16-,18?,19?/m0/s1. The van der Waals surface area contributed by atoms with Crippen LogP contribution < -0.4 is 10.1 Å². The number of ether oxygens (including phenoxy) is 3. The van der Waals surface area contributed by atoms with Gasteiger partial charge in [-0.3, -0.25) is 4.90 Å². The molecule has 32 heavy (non-hydrogen) atoms. The number of nitriles is 1. The quantitative estimate of drug-likeness (QED) is 0.679. The van der Waals surface area contributed by atoms with E-state index in [4.69, 9.17) is 19.5 Å². The lowest BCUT2D eigenvalue weighted by Crippen LogP contribution is -2.62. The van der Waals surface area contributed by atoms with Gasteiger partial charge in [-0.2, -0.15) is 5.26 Å². The summed E-state index contributed by atoms with van der Waals surface area (Å²) in [5.74, 6) is 0.593. The van der Waals surface area contributed by atoms with Crippen molar-refractivity contribution in [3.8, 4) is 11.8 Å². The van der Waals surface area contributed by atoms with E-state index < -0.39 is 17.8 Å². The summed E-state index contributed by atoms with van der Waals surface area (Å²) in [6.07, 6.45) is -1.88. The van der Waals surface area contributed by atoms with Gasteiger partial charge < -0.3 is 29.5 Å². The third-order valence-corrected chi connectivity index (χ3v) is 5.06. The van der Waals surface area contributed by atoms with Crippen molar-refractivity contribution in [3.63, 3.8) is 0 Å². The molecule has 1 aromatic rings. The first-order valence-corrected chi connectivity index (χ1v) is 10.6. The minimum absolute atomic E-state index is 0.207. The van der Waals surface area contributed by atoms with Crippen molar-refractivity contribution < 1.29 is 28.9 Å². The van der Waals surface area contributed by atoms with Gasteiger partial charge in [-0.25, -0.2) is 9.59 Å². The van der Waals surface area contributed by atoms with E-state index in [0.29, 0.717) is 44.0 Å². The molecule has 0 spiro atoms. The van der Waals surface area contributed by atoms with Crippen LogP contribution in [-0.2, 0) is 9.47 Å². The summed E-state index contributed by atoms with van der Waals surface area (Å²) >= 11 is 0. The van der Waals surface area contributed by atoms with Crippen LogP contribution in [-0.4, -0.2) is 90.3 Å². The van der Waals surface area contributed by atoms with E-state index >= 15 is 0 Å². The highest BCUT2D eigenvalue weighted by Gasteiger charge is 2.37. The zero-order valence-electron chi connectivity index (χ0n) is 18.6. The molecule has 2 aliphatic rings. The molecule has 2 fully saturated rings. The van der Waals surface area contributed by atoms with Gasteiger partial charge >= 0.3 is 12.2 Å². The first-order chi connectivity index (χ1) is 15.1. The second-order valence-electron chi connectivity index (χ2n) is 9.08. The maximum absolute atomic E-state index is 12.4. The Morgan fingerprint density at radius 3 is 2.38 bits per heavy atom. The summed E-state index contributed by atoms with van der Waals surface area (Å²) in [6, 6.07) is 8.46. The molecule has 2 amide bonds. The molecule has 2 unspecified atom stereocenters. The predicted octanol–water partition coefficient (Wildman–Crippen LogP) is 1.89. The SMILES string of the molecule is CC(C)(C)OC(=O)N[C@H](COc1ccc(C#N)cc1)CN1CC2CN(C(=O)O)CC(C1)O2. The summed E-state index contributed by atoms with van der Waals surface area (Å²) in [6.45, 7) is 7.87. The normalized spacial score (nSPS) is 21.9. The minimum atomic E-state index is -0.933. The Morgan fingerprint density at radius 2 is 1.84 bits per heavy atom. The molecule has 10 heteroatoms. The highest BCUT2D eigenvalue weighted by Crippen LogP contribution is 2.20. The molecule has 0 saturated carbocycles. The summed E-state index contributed by atoms with van der Waals surface area (Å²) in [7, 11) is 0. The fourth-order valence-corrected chi connectivity index (χ4v) is 3.83. The van der Waals surface area contributed by atoms with E-state index in [1.807, 2.05) is 0 Å². The molecule has 0 aliphatic carbocycles. The number of morpholine rings is 2. The van der Waals surface area contributed by atoms with Crippen LogP contribution in [0.2, 0.25) is 0 Å². The van der Waals surface area contributed by atoms with Crippen LogP contribution in [0.15, 0.2) is 24.3 Å². The summed E-state index contributed by atoms with van der Waals surface area (Å²) in [4.78, 5) is 27.2. The van der Waals surface area contributed by atoms with Crippen LogP contribution in [0.25, 0.3) is 0 Å². The van der Waals surface area contributed by atoms with Gasteiger partial charge in [0.05, 0.1) is 43.0 Å². The molecule has 0 aromatic heterocycles. The maximum atomic E-state index is 12.4. The summed E-state index contributed by atoms with van der Waals surface area (Å²) in [5.41, 5.74) is -0.0881. The van der Waals surface area contributed by atoms with Crippen LogP contribution in [0.3, 0.4) is 0 Å². The van der Waals surface area contributed by atoms with Crippen LogP contribution in [0, 0.1) is 11.3 Å². The van der Waals surface area contributed by atoms with Gasteiger partial charge in [0.25, 0.3) is 0 Å². The molecular weight excluding hydrogens is 416 g/mol. The second-order valence-corrected chi connectivity index (χ2v) is 9.08. The van der Waals surface area contributed by atoms with Crippen molar-refractivity contribution >= 4 is 12.2 Å². The second kappa shape index (κ2) is 10.1. The average molecular weight is 447 g/mol. The molecule has 0 radical (unpaired) electrons. The Kier molecular flexibility index (Phi) is 7.43. The predicted molar refractivity (Wildman–Crippen MR) is 115 cm³/mol. The molecule has 2 bridgehead atoms. The monoisotopic (exact) mass is 446 g/mol. The Hall–Kier alpha value is -3.03. The lowest BCUT2D eigenvalue weighted by atomic mass is 10.1. The third-order valence-electron chi connectivity index (χ3n) is 5.06. The zero-order chi connectivity index (χ0) is 23.3. The van der Waals surface area contributed by atoms with Gasteiger partial charge in [-0.05, 0) is 45.0 Å². The van der Waals surface area contributed by atoms with E-state index in [0.717, 1.165) is 0 Å². The van der Waals surface area contributed by atoms with E-state index in [1.165, 1.54) is 4.90 Å². The molecule has 3 atom stereocenters. The number of nitrogens with one attached hydrogen (secondary N) is 1. The molecule has 3 rings (SSSR count). The van der Waals surface area contributed by atoms with Crippen molar-refractivity contribution in [3.05, 3.63) is 29.8 Å². The fourth-order valence-electron chi connectivity index (χ4n) is 3.83. The highest BCUT2D eigenvalue weighted by atomic mass is 16.6. The van der Waals surface area contributed by atoms with Crippen LogP contribution in [0.4, 0.5) is 9.59 Å². The van der Waals surface area contributed by atoms with Gasteiger partial charge in [-0.15, -0.1) is 0 Å². The van der Waals surface area contributed by atoms with Crippen LogP contribution in [0.5, 0.6) is 5.75 Å². The molecule has 2 N–H and O–H groups in total. The van der Waals surface area contributed by atoms with Gasteiger partial charge in [0, 0.05) is 19.6 Å². The Labute approximate surface area is 187 Å². The lowest BCUT2D eigenvalue weighted by molar-refractivity contribution is -0.133. The van der Waals surface area contributed by atoms with Gasteiger partial charge in [0.2, 0.25) is 0 Å². The van der Waals surface area contributed by atoms with E-state index in [9.17, 15) is 14.7 Å². The first-order valence-electron chi connectivity index (χ1n) is 10.6. The Bertz CT molecular complexity index is 833. The topological polar surface area (TPSA) is 124 Å². The number of nitrogens with zero attached hydrogens (tertiary/aromatic N) is 3. The molecule has 174 valence electrons. The number of alkyl carbamates (subject to hydrolysis) is 1. The number of rotatable bonds is 6. The van der Waals surface area contributed by atoms with Crippen molar-refractivity contribution in [2.24, 2.45) is 0 Å². The summed E-state index contributed by atoms with van der Waals surface area (Å²) < 4.78 is 17.2. The molecule has 2 heterocycles. The smallest absolute Gasteiger partial charge is 0.408 e. The van der Waals surface area contributed by atoms with E-state index in [1.54, 1.807) is 45.0 Å². The number of benzene rings is 1. The van der Waals surface area contributed by atoms with Crippen molar-refractivity contribution in [1.29, 1.82) is 5.26 Å². The lowest BCUT2D eigenvalue weighted by Gasteiger charge is -2.45. The van der Waals surface area contributed by atoms with Gasteiger partial charge in [0.15, 0.2) is 0 Å². The maximum Gasteiger partial charge on any atom is 0.408 e. The van der Waals surface area contributed by atoms with Gasteiger partial charge in [-0.1, -0.05) is 0 Å². The summed E-state index contributed by atoms with van der Waals surface area (Å²) in [5, 5.41) is 21.1. The molecule has 10 nitrogen and oxygen atoms in total. The average Bonchev–Trinajstić information content (AvgIpc) is 2.70. The molecule has 2 saturated heterocycles. The van der Waals surface area contributed by atoms with E-state index in [-0.39, 0.29) is 24.9 Å². The minimum Gasteiger partial charge on any atom is -0.491 e. The van der Waals surface area contributed by atoms with E-state index in [2.05, 4.69) is 16.3 Å². The Morgan fingerprint density at radius 1 is 1.22 bits per heavy atom. The number of carbonyl (C=O) groups is 2. The number of hydrogen-bond donors (Lipinski definition) is 2. The molecule has 1 aromatic carbocycles. The third kappa shape index (κ3) is 7.00. The number of carbonyl (C=O) groups excluding carboxylic acids is 1. The van der Waals surface area contributed by atoms with Crippen molar-refractivity contribution in [1.82, 2.24) is 15.1 Å². The largest absolute Gasteiger partial charge is 0.491 e. The number of fused-ring (bicyclic) bond motifs is 2. The zero-order valence-corrected chi connectivity index (χ0v) is 18.6. The number of amides is 2. The number of hydrogen-bond acceptors (Lipinski definition) is 7. The number of carboxylic acid groups (broad SMARTS) is 1. The molecular formula is C22H30N4O6. The fraction of sp³-hybridized carbons (Fsp3) is 0.591. The Balaban J connectivity index is 1.62. The first kappa shape index (κ1) is 23.6. The van der Waals surface area contributed by atoms with Gasteiger partial charge in [0.1, 0.15) is 18.0 Å². The molecule has 2 aliphatic heterocycles. The van der Waals surface area contributed by atoms with Crippen molar-refractivity contribution in [2.75, 3.05) is 39.3 Å². The van der Waals surface area contributed by atoms with Crippen LogP contribution in [0.1, 0.15) is 26.3 Å².